The van der Waals surface area contributed by atoms with E-state index in [4.69, 9.17) is 4.74 Å². The Morgan fingerprint density at radius 2 is 1.93 bits per heavy atom. The van der Waals surface area contributed by atoms with Crippen LogP contribution in [0.1, 0.15) is 29.0 Å². The maximum absolute atomic E-state index is 12.4. The van der Waals surface area contributed by atoms with Crippen molar-refractivity contribution in [1.29, 1.82) is 0 Å². The van der Waals surface area contributed by atoms with Crippen LogP contribution in [0.2, 0.25) is 0 Å². The number of ether oxygens (including phenoxy) is 1. The van der Waals surface area contributed by atoms with Crippen LogP contribution in [-0.2, 0) is 4.79 Å². The highest BCUT2D eigenvalue weighted by Crippen LogP contribution is 2.33. The molecule has 0 aliphatic heterocycles. The maximum Gasteiger partial charge on any atom is 0.258 e. The first-order chi connectivity index (χ1) is 13.5. The molecular weight excluding hydrogens is 370 g/mol. The number of nitrogens with zero attached hydrogens (tertiary/aromatic N) is 2. The fourth-order valence-electron chi connectivity index (χ4n) is 3.24. The summed E-state index contributed by atoms with van der Waals surface area (Å²) in [4.78, 5) is 23.0. The van der Waals surface area contributed by atoms with Crippen molar-refractivity contribution in [1.82, 2.24) is 15.3 Å². The minimum atomic E-state index is -0.183. The van der Waals surface area contributed by atoms with Crippen molar-refractivity contribution < 1.29 is 9.53 Å². The molecule has 0 saturated carbocycles. The Labute approximate surface area is 167 Å². The lowest BCUT2D eigenvalue weighted by molar-refractivity contribution is -0.123. The molecule has 1 N–H and O–H groups in total. The standard InChI is InChI=1S/C22H21N3O2S/c1-13-15(3)28-22-20(13)21(23-12-24-22)27-11-19(26)25-14(2)17-9-8-16-6-4-5-7-18(16)10-17/h4-10,12,14H,11H2,1-3H3,(H,25,26). The second kappa shape index (κ2) is 7.56. The van der Waals surface area contributed by atoms with E-state index in [0.717, 1.165) is 26.7 Å². The molecule has 1 atom stereocenters. The smallest absolute Gasteiger partial charge is 0.258 e. The molecule has 0 spiro atoms. The van der Waals surface area contributed by atoms with Crippen LogP contribution in [0.4, 0.5) is 0 Å². The van der Waals surface area contributed by atoms with Crippen LogP contribution in [0.3, 0.4) is 0 Å². The zero-order valence-electron chi connectivity index (χ0n) is 16.0. The highest BCUT2D eigenvalue weighted by Gasteiger charge is 2.15. The summed E-state index contributed by atoms with van der Waals surface area (Å²) in [6.07, 6.45) is 1.47. The van der Waals surface area contributed by atoms with Gasteiger partial charge in [-0.05, 0) is 48.7 Å². The van der Waals surface area contributed by atoms with Crippen LogP contribution in [0.15, 0.2) is 48.8 Å². The molecule has 0 bridgehead atoms. The summed E-state index contributed by atoms with van der Waals surface area (Å²) < 4.78 is 5.73. The summed E-state index contributed by atoms with van der Waals surface area (Å²) in [5.74, 6) is 0.275. The monoisotopic (exact) mass is 391 g/mol. The van der Waals surface area contributed by atoms with Crippen LogP contribution < -0.4 is 10.1 Å². The van der Waals surface area contributed by atoms with Crippen molar-refractivity contribution in [2.24, 2.45) is 0 Å². The number of amides is 1. The molecule has 0 aliphatic rings. The molecule has 2 heterocycles. The van der Waals surface area contributed by atoms with Gasteiger partial charge in [-0.25, -0.2) is 9.97 Å². The molecule has 2 aromatic heterocycles. The minimum absolute atomic E-state index is 0.0850. The predicted molar refractivity (Wildman–Crippen MR) is 113 cm³/mol. The van der Waals surface area contributed by atoms with E-state index in [0.29, 0.717) is 5.88 Å². The summed E-state index contributed by atoms with van der Waals surface area (Å²) in [5, 5.41) is 6.22. The summed E-state index contributed by atoms with van der Waals surface area (Å²) in [7, 11) is 0. The van der Waals surface area contributed by atoms with E-state index in [1.54, 1.807) is 11.3 Å². The third kappa shape index (κ3) is 3.55. The number of thiophene rings is 1. The predicted octanol–water partition coefficient (Wildman–Crippen LogP) is 4.72. The van der Waals surface area contributed by atoms with Gasteiger partial charge < -0.3 is 10.1 Å². The van der Waals surface area contributed by atoms with E-state index in [9.17, 15) is 4.79 Å². The Kier molecular flexibility index (Phi) is 4.96. The van der Waals surface area contributed by atoms with Crippen LogP contribution >= 0.6 is 11.3 Å². The first kappa shape index (κ1) is 18.4. The molecule has 0 aliphatic carbocycles. The van der Waals surface area contributed by atoms with Gasteiger partial charge in [0.25, 0.3) is 5.91 Å². The molecule has 1 amide bonds. The molecule has 0 saturated heterocycles. The van der Waals surface area contributed by atoms with E-state index in [2.05, 4.69) is 39.6 Å². The second-order valence-electron chi connectivity index (χ2n) is 6.83. The normalized spacial score (nSPS) is 12.2. The fourth-order valence-corrected chi connectivity index (χ4v) is 4.22. The quantitative estimate of drug-likeness (QED) is 0.535. The van der Waals surface area contributed by atoms with Gasteiger partial charge in [0.2, 0.25) is 5.88 Å². The van der Waals surface area contributed by atoms with E-state index in [-0.39, 0.29) is 18.6 Å². The Bertz CT molecular complexity index is 1170. The number of benzene rings is 2. The Morgan fingerprint density at radius 3 is 2.75 bits per heavy atom. The van der Waals surface area contributed by atoms with Crippen LogP contribution in [0, 0.1) is 13.8 Å². The molecule has 142 valence electrons. The Morgan fingerprint density at radius 1 is 1.14 bits per heavy atom. The highest BCUT2D eigenvalue weighted by molar-refractivity contribution is 7.18. The third-order valence-corrected chi connectivity index (χ3v) is 6.04. The molecule has 1 unspecified atom stereocenters. The summed E-state index contributed by atoms with van der Waals surface area (Å²) in [6, 6.07) is 14.3. The molecule has 4 rings (SSSR count). The van der Waals surface area contributed by atoms with E-state index in [1.165, 1.54) is 16.6 Å². The number of hydrogen-bond donors (Lipinski definition) is 1. The average molecular weight is 391 g/mol. The van der Waals surface area contributed by atoms with Crippen molar-refractivity contribution in [2.45, 2.75) is 26.8 Å². The lowest BCUT2D eigenvalue weighted by Gasteiger charge is -2.15. The van der Waals surface area contributed by atoms with E-state index < -0.39 is 0 Å². The molecule has 0 fully saturated rings. The summed E-state index contributed by atoms with van der Waals surface area (Å²) in [6.45, 7) is 5.95. The van der Waals surface area contributed by atoms with E-state index >= 15 is 0 Å². The van der Waals surface area contributed by atoms with Gasteiger partial charge >= 0.3 is 0 Å². The molecule has 0 radical (unpaired) electrons. The van der Waals surface area contributed by atoms with Gasteiger partial charge in [0.15, 0.2) is 6.61 Å². The van der Waals surface area contributed by atoms with Gasteiger partial charge in [-0.1, -0.05) is 36.4 Å². The molecule has 2 aromatic carbocycles. The number of nitrogens with one attached hydrogen (secondary N) is 1. The van der Waals surface area contributed by atoms with Crippen molar-refractivity contribution in [2.75, 3.05) is 6.61 Å². The minimum Gasteiger partial charge on any atom is -0.467 e. The Balaban J connectivity index is 1.44. The first-order valence-corrected chi connectivity index (χ1v) is 9.96. The molecule has 4 aromatic rings. The van der Waals surface area contributed by atoms with Crippen molar-refractivity contribution >= 4 is 38.2 Å². The van der Waals surface area contributed by atoms with Gasteiger partial charge in [-0.15, -0.1) is 11.3 Å². The molecular formula is C22H21N3O2S. The second-order valence-corrected chi connectivity index (χ2v) is 8.03. The number of carbonyl (C=O) groups excluding carboxylic acids is 1. The number of aromatic nitrogens is 2. The molecule has 6 heteroatoms. The maximum atomic E-state index is 12.4. The van der Waals surface area contributed by atoms with Crippen LogP contribution in [0.5, 0.6) is 5.88 Å². The Hall–Kier alpha value is -2.99. The number of aryl methyl sites for hydroxylation is 2. The number of fused-ring (bicyclic) bond motifs is 2. The SMILES string of the molecule is Cc1sc2ncnc(OCC(=O)NC(C)c3ccc4ccccc4c3)c2c1C. The van der Waals surface area contributed by atoms with Crippen LogP contribution in [0.25, 0.3) is 21.0 Å². The lowest BCUT2D eigenvalue weighted by Crippen LogP contribution is -2.31. The first-order valence-electron chi connectivity index (χ1n) is 9.14. The van der Waals surface area contributed by atoms with Gasteiger partial charge in [0, 0.05) is 4.88 Å². The topological polar surface area (TPSA) is 64.1 Å². The third-order valence-electron chi connectivity index (χ3n) is 4.92. The van der Waals surface area contributed by atoms with Crippen molar-refractivity contribution in [3.05, 3.63) is 64.8 Å². The summed E-state index contributed by atoms with van der Waals surface area (Å²) in [5.41, 5.74) is 2.15. The zero-order valence-corrected chi connectivity index (χ0v) is 16.8. The van der Waals surface area contributed by atoms with Gasteiger partial charge in [0.1, 0.15) is 11.2 Å². The highest BCUT2D eigenvalue weighted by atomic mass is 32.1. The van der Waals surface area contributed by atoms with Gasteiger partial charge in [-0.2, -0.15) is 0 Å². The van der Waals surface area contributed by atoms with Crippen molar-refractivity contribution in [3.63, 3.8) is 0 Å². The fraction of sp³-hybridized carbons (Fsp3) is 0.227. The molecule has 28 heavy (non-hydrogen) atoms. The average Bonchev–Trinajstić information content (AvgIpc) is 3.00. The number of rotatable bonds is 5. The number of carbonyl (C=O) groups is 1. The largest absolute Gasteiger partial charge is 0.467 e. The molecule has 5 nitrogen and oxygen atoms in total. The lowest BCUT2D eigenvalue weighted by atomic mass is 10.0. The van der Waals surface area contributed by atoms with Gasteiger partial charge in [0.05, 0.1) is 11.4 Å². The van der Waals surface area contributed by atoms with Gasteiger partial charge in [-0.3, -0.25) is 4.79 Å². The van der Waals surface area contributed by atoms with Crippen molar-refractivity contribution in [3.8, 4) is 5.88 Å². The number of hydrogen-bond acceptors (Lipinski definition) is 5. The zero-order chi connectivity index (χ0) is 19.7. The summed E-state index contributed by atoms with van der Waals surface area (Å²) >= 11 is 1.60. The van der Waals surface area contributed by atoms with Crippen LogP contribution in [-0.4, -0.2) is 22.5 Å². The van der Waals surface area contributed by atoms with E-state index in [1.807, 2.05) is 39.0 Å².